The van der Waals surface area contributed by atoms with Gasteiger partial charge in [0.05, 0.1) is 17.3 Å². The van der Waals surface area contributed by atoms with Crippen LogP contribution in [0.2, 0.25) is 0 Å². The Morgan fingerprint density at radius 3 is 2.89 bits per heavy atom. The summed E-state index contributed by atoms with van der Waals surface area (Å²) in [6.07, 6.45) is 4.70. The Bertz CT molecular complexity index is 1150. The van der Waals surface area contributed by atoms with Crippen LogP contribution in [0.25, 0.3) is 22.4 Å². The summed E-state index contributed by atoms with van der Waals surface area (Å²) in [5.74, 6) is 0. The third-order valence-electron chi connectivity index (χ3n) is 5.06. The monoisotopic (exact) mass is 367 g/mol. The lowest BCUT2D eigenvalue weighted by molar-refractivity contribution is 0.390. The first-order valence-corrected chi connectivity index (χ1v) is 9.29. The van der Waals surface area contributed by atoms with Gasteiger partial charge in [-0.15, -0.1) is 5.10 Å². The van der Waals surface area contributed by atoms with Gasteiger partial charge in [-0.05, 0) is 41.8 Å². The summed E-state index contributed by atoms with van der Waals surface area (Å²) in [6.45, 7) is 10.6. The first-order valence-electron chi connectivity index (χ1n) is 9.29. The zero-order valence-electron chi connectivity index (χ0n) is 15.8. The molecule has 1 aromatic heterocycles. The first kappa shape index (κ1) is 17.7. The molecule has 0 fully saturated rings. The molecule has 0 spiro atoms. The number of hydrogen-bond acceptors (Lipinski definition) is 4. The van der Waals surface area contributed by atoms with E-state index in [4.69, 9.17) is 0 Å². The lowest BCUT2D eigenvalue weighted by Crippen LogP contribution is -2.29. The summed E-state index contributed by atoms with van der Waals surface area (Å²) in [6, 6.07) is 16.1. The van der Waals surface area contributed by atoms with E-state index >= 15 is 0 Å². The summed E-state index contributed by atoms with van der Waals surface area (Å²) in [7, 11) is 0. The van der Waals surface area contributed by atoms with E-state index in [9.17, 15) is 5.26 Å². The van der Waals surface area contributed by atoms with Gasteiger partial charge in [0.1, 0.15) is 11.6 Å². The van der Waals surface area contributed by atoms with Crippen LogP contribution in [0.4, 0.5) is 0 Å². The molecule has 0 amide bonds. The van der Waals surface area contributed by atoms with Crippen molar-refractivity contribution in [2.24, 2.45) is 0 Å². The van der Waals surface area contributed by atoms with Crippen molar-refractivity contribution in [3.8, 4) is 11.8 Å². The molecule has 138 valence electrons. The second-order valence-electron chi connectivity index (χ2n) is 6.77. The topological polar surface area (TPSA) is 57.7 Å². The highest BCUT2D eigenvalue weighted by Gasteiger charge is 2.30. The average Bonchev–Trinajstić information content (AvgIpc) is 3.30. The standard InChI is InChI=1S/C23H21N5/c1-4-8-21-19-13-18(28-22-10-7-6-9-20(22)25-26-28)12-11-17(19)15-27(21)23(14-24)16(3)5-2/h5-13,23H,2-4,15H2,1H3/b21-8-. The highest BCUT2D eigenvalue weighted by Crippen LogP contribution is 2.37. The smallest absolute Gasteiger partial charge is 0.142 e. The van der Waals surface area contributed by atoms with E-state index in [2.05, 4.69) is 65.6 Å². The lowest BCUT2D eigenvalue weighted by Gasteiger charge is -2.26. The molecule has 0 N–H and O–H groups in total. The third kappa shape index (κ3) is 2.80. The highest BCUT2D eigenvalue weighted by molar-refractivity contribution is 5.78. The van der Waals surface area contributed by atoms with E-state index in [0.717, 1.165) is 34.4 Å². The normalized spacial score (nSPS) is 15.4. The molecule has 28 heavy (non-hydrogen) atoms. The number of hydrogen-bond donors (Lipinski definition) is 0. The fraction of sp³-hybridized carbons (Fsp3) is 0.174. The lowest BCUT2D eigenvalue weighted by atomic mass is 10.1. The minimum Gasteiger partial charge on any atom is -0.347 e. The molecule has 5 heteroatoms. The Morgan fingerprint density at radius 2 is 2.14 bits per heavy atom. The van der Waals surface area contributed by atoms with E-state index < -0.39 is 6.04 Å². The molecular formula is C23H21N5. The van der Waals surface area contributed by atoms with Gasteiger partial charge in [-0.3, -0.25) is 0 Å². The van der Waals surface area contributed by atoms with Crippen LogP contribution >= 0.6 is 0 Å². The van der Waals surface area contributed by atoms with Gasteiger partial charge in [-0.25, -0.2) is 4.68 Å². The van der Waals surface area contributed by atoms with Crippen LogP contribution in [-0.4, -0.2) is 25.9 Å². The van der Waals surface area contributed by atoms with Crippen LogP contribution in [0.3, 0.4) is 0 Å². The second kappa shape index (κ2) is 7.16. The van der Waals surface area contributed by atoms with Gasteiger partial charge in [-0.1, -0.05) is 55.6 Å². The summed E-state index contributed by atoms with van der Waals surface area (Å²) >= 11 is 0. The van der Waals surface area contributed by atoms with E-state index in [1.807, 2.05) is 28.9 Å². The summed E-state index contributed by atoms with van der Waals surface area (Å²) in [5.41, 5.74) is 6.85. The number of allylic oxidation sites excluding steroid dienone is 1. The molecule has 2 aromatic carbocycles. The summed E-state index contributed by atoms with van der Waals surface area (Å²) in [5, 5.41) is 18.3. The van der Waals surface area contributed by atoms with Crippen molar-refractivity contribution in [3.63, 3.8) is 0 Å². The predicted molar refractivity (Wildman–Crippen MR) is 111 cm³/mol. The van der Waals surface area contributed by atoms with E-state index in [1.165, 1.54) is 5.56 Å². The zero-order valence-corrected chi connectivity index (χ0v) is 15.8. The van der Waals surface area contributed by atoms with Gasteiger partial charge in [-0.2, -0.15) is 5.26 Å². The van der Waals surface area contributed by atoms with E-state index in [-0.39, 0.29) is 0 Å². The minimum atomic E-state index is -0.432. The number of nitrogens with zero attached hydrogens (tertiary/aromatic N) is 5. The number of nitriles is 1. The van der Waals surface area contributed by atoms with Crippen molar-refractivity contribution < 1.29 is 0 Å². The summed E-state index contributed by atoms with van der Waals surface area (Å²) in [4.78, 5) is 2.10. The maximum absolute atomic E-state index is 9.73. The first-order chi connectivity index (χ1) is 13.7. The van der Waals surface area contributed by atoms with Gasteiger partial charge in [0.25, 0.3) is 0 Å². The minimum absolute atomic E-state index is 0.432. The van der Waals surface area contributed by atoms with Gasteiger partial charge >= 0.3 is 0 Å². The van der Waals surface area contributed by atoms with E-state index in [1.54, 1.807) is 6.08 Å². The van der Waals surface area contributed by atoms with Crippen LogP contribution in [0, 0.1) is 11.3 Å². The fourth-order valence-electron chi connectivity index (χ4n) is 3.67. The highest BCUT2D eigenvalue weighted by atomic mass is 15.4. The molecule has 1 aliphatic rings. The molecule has 5 nitrogen and oxygen atoms in total. The zero-order chi connectivity index (χ0) is 19.7. The van der Waals surface area contributed by atoms with Crippen LogP contribution in [-0.2, 0) is 6.54 Å². The number of rotatable bonds is 5. The maximum atomic E-state index is 9.73. The predicted octanol–water partition coefficient (Wildman–Crippen LogP) is 4.62. The van der Waals surface area contributed by atoms with Crippen molar-refractivity contribution in [3.05, 3.63) is 84.5 Å². The molecule has 0 bridgehead atoms. The Morgan fingerprint density at radius 1 is 1.32 bits per heavy atom. The third-order valence-corrected chi connectivity index (χ3v) is 5.06. The molecule has 0 radical (unpaired) electrons. The van der Waals surface area contributed by atoms with Crippen molar-refractivity contribution in [1.29, 1.82) is 5.26 Å². The van der Waals surface area contributed by atoms with Crippen molar-refractivity contribution in [1.82, 2.24) is 19.9 Å². The Balaban J connectivity index is 1.80. The molecule has 0 saturated carbocycles. The van der Waals surface area contributed by atoms with Gasteiger partial charge < -0.3 is 4.90 Å². The average molecular weight is 367 g/mol. The molecular weight excluding hydrogens is 346 g/mol. The van der Waals surface area contributed by atoms with Crippen molar-refractivity contribution >= 4 is 16.7 Å². The Hall–Kier alpha value is -3.65. The van der Waals surface area contributed by atoms with Crippen LogP contribution in [0.5, 0.6) is 0 Å². The molecule has 3 aromatic rings. The number of benzene rings is 2. The van der Waals surface area contributed by atoms with Gasteiger partial charge in [0.2, 0.25) is 0 Å². The van der Waals surface area contributed by atoms with Crippen LogP contribution < -0.4 is 0 Å². The number of aromatic nitrogens is 3. The van der Waals surface area contributed by atoms with Crippen molar-refractivity contribution in [2.75, 3.05) is 0 Å². The fourth-order valence-corrected chi connectivity index (χ4v) is 3.67. The molecule has 1 aliphatic heterocycles. The Kier molecular flexibility index (Phi) is 4.54. The maximum Gasteiger partial charge on any atom is 0.142 e. The quantitative estimate of drug-likeness (QED) is 0.617. The SMILES string of the molecule is C=CC(=C)C(C#N)N1Cc2ccc(-n3nnc4ccccc43)cc2/C1=C/CC. The van der Waals surface area contributed by atoms with E-state index in [0.29, 0.717) is 12.1 Å². The molecule has 2 heterocycles. The molecule has 4 rings (SSSR count). The van der Waals surface area contributed by atoms with Crippen molar-refractivity contribution in [2.45, 2.75) is 25.9 Å². The second-order valence-corrected chi connectivity index (χ2v) is 6.77. The number of fused-ring (bicyclic) bond motifs is 2. The molecule has 1 atom stereocenters. The molecule has 0 aliphatic carbocycles. The summed E-state index contributed by atoms with van der Waals surface area (Å²) < 4.78 is 1.85. The largest absolute Gasteiger partial charge is 0.347 e. The van der Waals surface area contributed by atoms with Crippen LogP contribution in [0.1, 0.15) is 24.5 Å². The molecule has 0 saturated heterocycles. The van der Waals surface area contributed by atoms with Crippen LogP contribution in [0.15, 0.2) is 73.3 Å². The molecule has 1 unspecified atom stereocenters. The van der Waals surface area contributed by atoms with Gasteiger partial charge in [0, 0.05) is 17.8 Å². The number of para-hydroxylation sites is 1. The Labute approximate surface area is 164 Å². The van der Waals surface area contributed by atoms with Gasteiger partial charge in [0.15, 0.2) is 0 Å².